The molecule has 496 valence electrons. The van der Waals surface area contributed by atoms with Crippen molar-refractivity contribution in [2.75, 3.05) is 7.11 Å². The van der Waals surface area contributed by atoms with Crippen LogP contribution in [0, 0.1) is 0 Å². The summed E-state index contributed by atoms with van der Waals surface area (Å²) >= 11 is 36.1. The van der Waals surface area contributed by atoms with E-state index in [2.05, 4.69) is 71.1 Å². The van der Waals surface area contributed by atoms with Crippen molar-refractivity contribution in [2.45, 2.75) is 46.3 Å². The summed E-state index contributed by atoms with van der Waals surface area (Å²) in [5, 5.41) is 36.6. The number of aromatic nitrogens is 12. The molecule has 15 aromatic rings. The van der Waals surface area contributed by atoms with Crippen LogP contribution in [-0.2, 0) is 43.6 Å². The largest absolute Gasteiger partial charge is 0.465 e. The van der Waals surface area contributed by atoms with Gasteiger partial charge < -0.3 is 21.1 Å². The molecule has 9 aromatic heterocycles. The highest BCUT2D eigenvalue weighted by molar-refractivity contribution is 6.33. The fraction of sp³-hybridized carbons (Fsp3) is 0.108. The van der Waals surface area contributed by atoms with Crippen LogP contribution in [0.4, 0.5) is 0 Å². The molecular formula is C74H59Cl6N15O4. The number of nitrogens with one attached hydrogen (secondary N) is 5. The number of methoxy groups -OCH3 is 1. The fourth-order valence-electron chi connectivity index (χ4n) is 10.7. The number of carbonyl (C=O) groups excluding carboxylic acids is 3. The van der Waals surface area contributed by atoms with Gasteiger partial charge >= 0.3 is 5.97 Å². The summed E-state index contributed by atoms with van der Waals surface area (Å²) in [4.78, 5) is 63.1. The zero-order chi connectivity index (χ0) is 68.2. The number of aromatic amines is 3. The Morgan fingerprint density at radius 2 is 0.727 bits per heavy atom. The number of amides is 2. The number of nitrogens with zero attached hydrogens (tertiary/aromatic N) is 9. The third kappa shape index (κ3) is 17.8. The first-order chi connectivity index (χ1) is 47.6. The van der Waals surface area contributed by atoms with Crippen molar-refractivity contribution in [1.82, 2.24) is 71.1 Å². The number of nitrogens with two attached hydrogens (primary N) is 1. The number of esters is 1. The number of benzene rings is 6. The summed E-state index contributed by atoms with van der Waals surface area (Å²) in [6.45, 7) is 1.08. The molecule has 6 aromatic carbocycles. The van der Waals surface area contributed by atoms with E-state index in [1.807, 2.05) is 115 Å². The molecule has 0 spiro atoms. The molecule has 0 saturated carbocycles. The van der Waals surface area contributed by atoms with Crippen LogP contribution in [0.2, 0.25) is 30.1 Å². The van der Waals surface area contributed by atoms with Crippen LogP contribution in [0.25, 0.3) is 65.4 Å². The lowest BCUT2D eigenvalue weighted by Gasteiger charge is -2.07. The molecule has 0 bridgehead atoms. The van der Waals surface area contributed by atoms with Crippen LogP contribution in [0.3, 0.4) is 0 Å². The fourth-order valence-corrected chi connectivity index (χ4v) is 11.8. The Labute approximate surface area is 596 Å². The van der Waals surface area contributed by atoms with Crippen LogP contribution >= 0.6 is 69.6 Å². The van der Waals surface area contributed by atoms with Crippen molar-refractivity contribution >= 4 is 153 Å². The Morgan fingerprint density at radius 3 is 1.09 bits per heavy atom. The molecule has 2 amide bonds. The van der Waals surface area contributed by atoms with Gasteiger partial charge in [0.2, 0.25) is 0 Å². The molecule has 7 N–H and O–H groups in total. The molecule has 0 aliphatic heterocycles. The van der Waals surface area contributed by atoms with Crippen LogP contribution in [0.1, 0.15) is 89.4 Å². The van der Waals surface area contributed by atoms with E-state index in [9.17, 15) is 14.4 Å². The molecule has 0 aliphatic rings. The molecule has 15 rings (SSSR count). The molecule has 25 heteroatoms. The van der Waals surface area contributed by atoms with E-state index in [1.165, 1.54) is 7.11 Å². The van der Waals surface area contributed by atoms with Gasteiger partial charge in [0.15, 0.2) is 0 Å². The smallest absolute Gasteiger partial charge is 0.337 e. The second kappa shape index (κ2) is 32.3. The molecular weight excluding hydrogens is 1380 g/mol. The predicted octanol–water partition coefficient (Wildman–Crippen LogP) is 16.6. The Kier molecular flexibility index (Phi) is 22.8. The SMILES string of the molecule is C.COC(=O)c1ccnc(Cc2ccc3ncc(Cl)cc3c2)c1.NCc1[nH]nc2ccc(Cl)cc12.O=C(NCc1[nH]nc2ccc(Cl)cc12)c1ccnc(Cc2ccc3ncc(Cl)cc3c2)c1.O=C(NCc1[nH]nc2ccc(Cl)cc12)c1ccnc(Cc2ccc3ncc(Cl)cc3c2)c1. The first-order valence-corrected chi connectivity index (χ1v) is 32.5. The number of carbonyl (C=O) groups is 3. The van der Waals surface area contributed by atoms with Crippen molar-refractivity contribution < 1.29 is 19.1 Å². The van der Waals surface area contributed by atoms with Crippen molar-refractivity contribution in [3.63, 3.8) is 0 Å². The van der Waals surface area contributed by atoms with E-state index in [0.29, 0.717) is 85.7 Å². The number of H-pyrrole nitrogens is 3. The minimum Gasteiger partial charge on any atom is -0.465 e. The van der Waals surface area contributed by atoms with Gasteiger partial charge in [0.1, 0.15) is 0 Å². The van der Waals surface area contributed by atoms with Gasteiger partial charge in [0, 0.05) is 139 Å². The monoisotopic (exact) mass is 1430 g/mol. The highest BCUT2D eigenvalue weighted by Crippen LogP contribution is 2.27. The third-order valence-electron chi connectivity index (χ3n) is 15.5. The van der Waals surface area contributed by atoms with Crippen molar-refractivity contribution in [3.8, 4) is 0 Å². The van der Waals surface area contributed by atoms with Gasteiger partial charge in [-0.3, -0.25) is 54.8 Å². The maximum absolute atomic E-state index is 12.7. The van der Waals surface area contributed by atoms with Gasteiger partial charge in [-0.25, -0.2) is 4.79 Å². The van der Waals surface area contributed by atoms with Crippen LogP contribution < -0.4 is 16.4 Å². The molecule has 99 heavy (non-hydrogen) atoms. The van der Waals surface area contributed by atoms with E-state index < -0.39 is 0 Å². The Hall–Kier alpha value is -10.5. The summed E-state index contributed by atoms with van der Waals surface area (Å²) in [5.74, 6) is -0.737. The molecule has 0 fully saturated rings. The second-order valence-electron chi connectivity index (χ2n) is 22.3. The predicted molar refractivity (Wildman–Crippen MR) is 393 cm³/mol. The number of hydrogen-bond acceptors (Lipinski definition) is 14. The molecule has 0 radical (unpaired) electrons. The van der Waals surface area contributed by atoms with E-state index >= 15 is 0 Å². The van der Waals surface area contributed by atoms with Crippen molar-refractivity contribution in [3.05, 3.63) is 299 Å². The highest BCUT2D eigenvalue weighted by Gasteiger charge is 2.15. The topological polar surface area (TPSA) is 274 Å². The minimum absolute atomic E-state index is 0. The second-order valence-corrected chi connectivity index (χ2v) is 25.0. The van der Waals surface area contributed by atoms with Gasteiger partial charge in [-0.2, -0.15) is 15.3 Å². The zero-order valence-electron chi connectivity index (χ0n) is 51.8. The summed E-state index contributed by atoms with van der Waals surface area (Å²) in [7, 11) is 1.36. The Balaban J connectivity index is 0.000000139. The average molecular weight is 1440 g/mol. The summed E-state index contributed by atoms with van der Waals surface area (Å²) in [5.41, 5.74) is 20.4. The van der Waals surface area contributed by atoms with Crippen molar-refractivity contribution in [1.29, 1.82) is 0 Å². The average Bonchev–Trinajstić information content (AvgIpc) is 1.76. The standard InChI is InChI=1S/2C24H17Cl2N5O.C17H13ClN2O2.C8H8ClN3.CH4/c2*25-17-2-4-22-20(11-17)23(31-30-22)13-29-24(32)15-5-6-27-19(10-15)8-14-1-3-21-16(7-14)9-18(26)12-28-21;1-22-17(21)12-4-5-19-15(9-12)7-11-2-3-16-13(6-11)8-14(18)10-20-16;9-5-1-2-7-6(3-5)8(4-10)12-11-7;/h2*1-7,9-12H,8,13H2,(H,29,32)(H,30,31);2-6,8-10H,7H2,1H3;1-3H,4,10H2,(H,11,12);1H4. The van der Waals surface area contributed by atoms with E-state index in [4.69, 9.17) is 80.1 Å². The molecule has 9 heterocycles. The van der Waals surface area contributed by atoms with Gasteiger partial charge in [0.05, 0.1) is 91.0 Å². The number of fused-ring (bicyclic) bond motifs is 6. The first kappa shape index (κ1) is 69.9. The number of halogens is 6. The number of pyridine rings is 6. The lowest BCUT2D eigenvalue weighted by molar-refractivity contribution is 0.0600. The molecule has 0 aliphatic carbocycles. The van der Waals surface area contributed by atoms with Crippen LogP contribution in [0.5, 0.6) is 0 Å². The molecule has 19 nitrogen and oxygen atoms in total. The Morgan fingerprint density at radius 1 is 0.394 bits per heavy atom. The summed E-state index contributed by atoms with van der Waals surface area (Å²) < 4.78 is 4.72. The number of rotatable bonds is 14. The molecule has 0 saturated heterocycles. The zero-order valence-corrected chi connectivity index (χ0v) is 56.3. The number of hydrogen-bond donors (Lipinski definition) is 6. The lowest BCUT2D eigenvalue weighted by atomic mass is 10.0. The van der Waals surface area contributed by atoms with Gasteiger partial charge in [-0.05, 0) is 162 Å². The highest BCUT2D eigenvalue weighted by atomic mass is 35.5. The first-order valence-electron chi connectivity index (χ1n) is 30.3. The Bertz CT molecular complexity index is 5230. The van der Waals surface area contributed by atoms with E-state index in [0.717, 1.165) is 116 Å². The summed E-state index contributed by atoms with van der Waals surface area (Å²) in [6, 6.07) is 50.5. The quantitative estimate of drug-likeness (QED) is 0.0553. The van der Waals surface area contributed by atoms with Crippen LogP contribution in [0.15, 0.2) is 201 Å². The lowest BCUT2D eigenvalue weighted by Crippen LogP contribution is -2.23. The van der Waals surface area contributed by atoms with Gasteiger partial charge in [-0.1, -0.05) is 95.2 Å². The normalized spacial score (nSPS) is 10.9. The molecule has 0 unspecified atom stereocenters. The van der Waals surface area contributed by atoms with Crippen LogP contribution in [-0.4, -0.2) is 85.4 Å². The number of ether oxygens (including phenoxy) is 1. The van der Waals surface area contributed by atoms with Crippen molar-refractivity contribution in [2.24, 2.45) is 5.73 Å². The van der Waals surface area contributed by atoms with E-state index in [-0.39, 0.29) is 25.2 Å². The van der Waals surface area contributed by atoms with Gasteiger partial charge in [-0.15, -0.1) is 0 Å². The minimum atomic E-state index is -0.363. The third-order valence-corrected chi connectivity index (χ3v) is 16.9. The van der Waals surface area contributed by atoms with Gasteiger partial charge in [0.25, 0.3) is 11.8 Å². The molecule has 0 atom stereocenters. The maximum Gasteiger partial charge on any atom is 0.337 e. The summed E-state index contributed by atoms with van der Waals surface area (Å²) in [6.07, 6.45) is 11.6. The maximum atomic E-state index is 12.7. The van der Waals surface area contributed by atoms with E-state index in [1.54, 1.807) is 85.7 Å².